The zero-order valence-electron chi connectivity index (χ0n) is 10.5. The van der Waals surface area contributed by atoms with Gasteiger partial charge in [0.25, 0.3) is 0 Å². The lowest BCUT2D eigenvalue weighted by Crippen LogP contribution is -2.04. The third-order valence-electron chi connectivity index (χ3n) is 2.77. The summed E-state index contributed by atoms with van der Waals surface area (Å²) in [5.74, 6) is -3.10. The summed E-state index contributed by atoms with van der Waals surface area (Å²) in [5, 5.41) is 9.00. The lowest BCUT2D eigenvalue weighted by atomic mass is 10.2. The Morgan fingerprint density at radius 2 is 1.81 bits per heavy atom. The molecule has 0 fully saturated rings. The molecule has 2 aromatic carbocycles. The van der Waals surface area contributed by atoms with Gasteiger partial charge in [-0.15, -0.1) is 0 Å². The third kappa shape index (κ3) is 3.54. The fourth-order valence-corrected chi connectivity index (χ4v) is 3.28. The summed E-state index contributed by atoms with van der Waals surface area (Å²) in [6.45, 7) is 0. The molecule has 7 heteroatoms. The molecule has 110 valence electrons. The highest BCUT2D eigenvalue weighted by Crippen LogP contribution is 2.23. The predicted octanol–water partition coefficient (Wildman–Crippen LogP) is 3.73. The van der Waals surface area contributed by atoms with Gasteiger partial charge in [0.1, 0.15) is 11.6 Å². The van der Waals surface area contributed by atoms with Crippen LogP contribution in [-0.2, 0) is 16.6 Å². The van der Waals surface area contributed by atoms with Crippen LogP contribution in [0, 0.1) is 11.6 Å². The van der Waals surface area contributed by atoms with Crippen molar-refractivity contribution in [1.29, 1.82) is 0 Å². The number of hydrogen-bond acceptors (Lipinski definition) is 2. The SMILES string of the molecule is O=C(O)c1cc(S(=O)Cc2c(F)cccc2F)ccc1Br. The molecule has 1 N–H and O–H groups in total. The van der Waals surface area contributed by atoms with E-state index in [1.165, 1.54) is 24.3 Å². The van der Waals surface area contributed by atoms with E-state index < -0.39 is 28.4 Å². The fraction of sp³-hybridized carbons (Fsp3) is 0.0714. The molecule has 0 aliphatic rings. The van der Waals surface area contributed by atoms with Crippen molar-refractivity contribution >= 4 is 32.7 Å². The number of carboxylic acids is 1. The molecular weight excluding hydrogens is 366 g/mol. The summed E-state index contributed by atoms with van der Waals surface area (Å²) in [6, 6.07) is 7.50. The number of benzene rings is 2. The molecule has 0 spiro atoms. The molecule has 2 rings (SSSR count). The molecule has 1 atom stereocenters. The van der Waals surface area contributed by atoms with Gasteiger partial charge in [-0.3, -0.25) is 4.21 Å². The van der Waals surface area contributed by atoms with Crippen molar-refractivity contribution < 1.29 is 22.9 Å². The molecule has 0 saturated carbocycles. The van der Waals surface area contributed by atoms with Gasteiger partial charge < -0.3 is 5.11 Å². The number of hydrogen-bond donors (Lipinski definition) is 1. The van der Waals surface area contributed by atoms with E-state index in [4.69, 9.17) is 5.11 Å². The van der Waals surface area contributed by atoms with Crippen LogP contribution >= 0.6 is 15.9 Å². The summed E-state index contributed by atoms with van der Waals surface area (Å²) < 4.78 is 39.6. The van der Waals surface area contributed by atoms with Crippen LogP contribution in [0.4, 0.5) is 8.78 Å². The van der Waals surface area contributed by atoms with Crippen molar-refractivity contribution in [3.63, 3.8) is 0 Å². The van der Waals surface area contributed by atoms with Crippen molar-refractivity contribution in [2.45, 2.75) is 10.6 Å². The van der Waals surface area contributed by atoms with Crippen LogP contribution in [0.15, 0.2) is 45.8 Å². The van der Waals surface area contributed by atoms with Gasteiger partial charge in [0, 0.05) is 14.9 Å². The summed E-state index contributed by atoms with van der Waals surface area (Å²) >= 11 is 3.07. The normalized spacial score (nSPS) is 12.1. The molecule has 1 unspecified atom stereocenters. The van der Waals surface area contributed by atoms with Gasteiger partial charge in [0.2, 0.25) is 0 Å². The minimum atomic E-state index is -1.75. The highest BCUT2D eigenvalue weighted by molar-refractivity contribution is 9.10. The van der Waals surface area contributed by atoms with Crippen LogP contribution in [0.2, 0.25) is 0 Å². The molecule has 0 aromatic heterocycles. The molecule has 0 radical (unpaired) electrons. The summed E-state index contributed by atoms with van der Waals surface area (Å²) in [5.41, 5.74) is -0.342. The van der Waals surface area contributed by atoms with Gasteiger partial charge >= 0.3 is 5.97 Å². The average Bonchev–Trinajstić information content (AvgIpc) is 2.43. The van der Waals surface area contributed by atoms with Crippen LogP contribution in [0.5, 0.6) is 0 Å². The number of carboxylic acid groups (broad SMARTS) is 1. The van der Waals surface area contributed by atoms with Gasteiger partial charge in [-0.25, -0.2) is 13.6 Å². The average molecular weight is 375 g/mol. The van der Waals surface area contributed by atoms with Crippen molar-refractivity contribution in [3.8, 4) is 0 Å². The van der Waals surface area contributed by atoms with Gasteiger partial charge in [-0.1, -0.05) is 6.07 Å². The zero-order chi connectivity index (χ0) is 15.6. The Kier molecular flexibility index (Phi) is 4.84. The van der Waals surface area contributed by atoms with Gasteiger partial charge in [-0.2, -0.15) is 0 Å². The van der Waals surface area contributed by atoms with E-state index in [0.717, 1.165) is 12.1 Å². The Bertz CT molecular complexity index is 714. The van der Waals surface area contributed by atoms with Gasteiger partial charge in [0.15, 0.2) is 0 Å². The molecule has 0 bridgehead atoms. The van der Waals surface area contributed by atoms with Crippen LogP contribution in [0.1, 0.15) is 15.9 Å². The third-order valence-corrected chi connectivity index (χ3v) is 4.79. The van der Waals surface area contributed by atoms with Crippen molar-refractivity contribution in [1.82, 2.24) is 0 Å². The maximum Gasteiger partial charge on any atom is 0.336 e. The molecular formula is C14H9BrF2O3S. The first kappa shape index (κ1) is 15.8. The first-order valence-corrected chi connectivity index (χ1v) is 7.85. The first-order valence-electron chi connectivity index (χ1n) is 5.74. The molecule has 2 aromatic rings. The van der Waals surface area contributed by atoms with Gasteiger partial charge in [-0.05, 0) is 46.3 Å². The monoisotopic (exact) mass is 374 g/mol. The summed E-state index contributed by atoms with van der Waals surface area (Å²) in [6.07, 6.45) is 0. The molecule has 0 aliphatic carbocycles. The lowest BCUT2D eigenvalue weighted by Gasteiger charge is -2.07. The molecule has 0 saturated heterocycles. The number of halogens is 3. The second-order valence-electron chi connectivity index (χ2n) is 4.14. The topological polar surface area (TPSA) is 54.4 Å². The van der Waals surface area contributed by atoms with Gasteiger partial charge in [0.05, 0.1) is 22.1 Å². The number of aromatic carboxylic acids is 1. The van der Waals surface area contributed by atoms with E-state index in [-0.39, 0.29) is 21.8 Å². The smallest absolute Gasteiger partial charge is 0.336 e. The minimum absolute atomic E-state index is 0.0603. The Labute approximate surface area is 130 Å². The summed E-state index contributed by atoms with van der Waals surface area (Å²) in [7, 11) is -1.75. The van der Waals surface area contributed by atoms with E-state index in [2.05, 4.69) is 15.9 Å². The van der Waals surface area contributed by atoms with E-state index in [0.29, 0.717) is 4.47 Å². The van der Waals surface area contributed by atoms with E-state index in [1.54, 1.807) is 0 Å². The zero-order valence-corrected chi connectivity index (χ0v) is 12.9. The Balaban J connectivity index is 2.33. The van der Waals surface area contributed by atoms with Crippen molar-refractivity contribution in [2.24, 2.45) is 0 Å². The summed E-state index contributed by atoms with van der Waals surface area (Å²) in [4.78, 5) is 11.2. The number of rotatable bonds is 4. The second-order valence-corrected chi connectivity index (χ2v) is 6.44. The molecule has 0 amide bonds. The maximum atomic E-state index is 13.5. The maximum absolute atomic E-state index is 13.5. The Morgan fingerprint density at radius 1 is 1.19 bits per heavy atom. The Morgan fingerprint density at radius 3 is 2.38 bits per heavy atom. The van der Waals surface area contributed by atoms with E-state index in [9.17, 15) is 17.8 Å². The minimum Gasteiger partial charge on any atom is -0.478 e. The van der Waals surface area contributed by atoms with Crippen molar-refractivity contribution in [2.75, 3.05) is 0 Å². The van der Waals surface area contributed by atoms with E-state index in [1.807, 2.05) is 0 Å². The van der Waals surface area contributed by atoms with Crippen LogP contribution in [0.25, 0.3) is 0 Å². The number of carbonyl (C=O) groups is 1. The standard InChI is InChI=1S/C14H9BrF2O3S/c15-11-5-4-8(6-9(11)14(18)19)21(20)7-10-12(16)2-1-3-13(10)17/h1-6H,7H2,(H,18,19). The van der Waals surface area contributed by atoms with Crippen LogP contribution < -0.4 is 0 Å². The predicted molar refractivity (Wildman–Crippen MR) is 77.6 cm³/mol. The molecule has 0 heterocycles. The lowest BCUT2D eigenvalue weighted by molar-refractivity contribution is 0.0695. The fourth-order valence-electron chi connectivity index (χ4n) is 1.69. The second kappa shape index (κ2) is 6.44. The van der Waals surface area contributed by atoms with Crippen LogP contribution in [-0.4, -0.2) is 15.3 Å². The molecule has 0 aliphatic heterocycles. The quantitative estimate of drug-likeness (QED) is 0.886. The highest BCUT2D eigenvalue weighted by atomic mass is 79.9. The largest absolute Gasteiger partial charge is 0.478 e. The van der Waals surface area contributed by atoms with Crippen LogP contribution in [0.3, 0.4) is 0 Å². The highest BCUT2D eigenvalue weighted by Gasteiger charge is 2.16. The first-order chi connectivity index (χ1) is 9.90. The molecule has 21 heavy (non-hydrogen) atoms. The van der Waals surface area contributed by atoms with Crippen molar-refractivity contribution in [3.05, 3.63) is 63.6 Å². The molecule has 3 nitrogen and oxygen atoms in total. The van der Waals surface area contributed by atoms with E-state index >= 15 is 0 Å². The Hall–Kier alpha value is -1.60.